The zero-order chi connectivity index (χ0) is 25.5. The third kappa shape index (κ3) is 4.24. The fraction of sp³-hybridized carbons (Fsp3) is 0.233. The molecule has 3 aliphatic rings. The summed E-state index contributed by atoms with van der Waals surface area (Å²) < 4.78 is 13.5. The molecule has 0 spiro atoms. The quantitative estimate of drug-likeness (QED) is 0.334. The lowest BCUT2D eigenvalue weighted by atomic mass is 9.78. The number of ketones is 1. The zero-order valence-electron chi connectivity index (χ0n) is 20.7. The summed E-state index contributed by atoms with van der Waals surface area (Å²) in [5.41, 5.74) is 5.00. The van der Waals surface area contributed by atoms with Gasteiger partial charge in [-0.2, -0.15) is 4.98 Å². The number of anilines is 1. The molecular weight excluding hydrogens is 496 g/mol. The third-order valence-electron chi connectivity index (χ3n) is 7.26. The molecule has 2 atom stereocenters. The topological polar surface area (TPSA) is 78.3 Å². The van der Waals surface area contributed by atoms with E-state index < -0.39 is 0 Å². The molecule has 0 radical (unpaired) electrons. The molecular formula is C30H26N4O3S. The minimum absolute atomic E-state index is 0.122. The lowest BCUT2D eigenvalue weighted by Crippen LogP contribution is -2.33. The van der Waals surface area contributed by atoms with Crippen molar-refractivity contribution in [1.82, 2.24) is 14.8 Å². The number of hydrogen-bond donors (Lipinski definition) is 1. The van der Waals surface area contributed by atoms with Gasteiger partial charge in [0.2, 0.25) is 11.1 Å². The lowest BCUT2D eigenvalue weighted by molar-refractivity contribution is -0.116. The minimum atomic E-state index is -0.389. The highest BCUT2D eigenvalue weighted by molar-refractivity contribution is 7.98. The highest BCUT2D eigenvalue weighted by atomic mass is 32.2. The maximum absolute atomic E-state index is 13.8. The van der Waals surface area contributed by atoms with Crippen molar-refractivity contribution in [3.8, 4) is 11.5 Å². The largest absolute Gasteiger partial charge is 0.486 e. The average Bonchev–Trinajstić information content (AvgIpc) is 3.38. The summed E-state index contributed by atoms with van der Waals surface area (Å²) in [6.07, 6.45) is 1.21. The van der Waals surface area contributed by atoms with Gasteiger partial charge in [0.25, 0.3) is 0 Å². The van der Waals surface area contributed by atoms with Crippen molar-refractivity contribution in [1.29, 1.82) is 0 Å². The second-order valence-electron chi connectivity index (χ2n) is 9.70. The van der Waals surface area contributed by atoms with Gasteiger partial charge in [-0.3, -0.25) is 4.79 Å². The highest BCUT2D eigenvalue weighted by Crippen LogP contribution is 2.46. The predicted octanol–water partition coefficient (Wildman–Crippen LogP) is 5.76. The van der Waals surface area contributed by atoms with Crippen molar-refractivity contribution in [2.75, 3.05) is 18.5 Å². The fourth-order valence-corrected chi connectivity index (χ4v) is 6.26. The highest BCUT2D eigenvalue weighted by Gasteiger charge is 2.40. The van der Waals surface area contributed by atoms with Crippen LogP contribution in [0.15, 0.2) is 95.3 Å². The van der Waals surface area contributed by atoms with Gasteiger partial charge in [-0.05, 0) is 41.2 Å². The van der Waals surface area contributed by atoms with Gasteiger partial charge in [0.1, 0.15) is 19.3 Å². The maximum Gasteiger partial charge on any atom is 0.227 e. The Morgan fingerprint density at radius 2 is 1.66 bits per heavy atom. The van der Waals surface area contributed by atoms with Crippen molar-refractivity contribution >= 4 is 23.5 Å². The van der Waals surface area contributed by atoms with Gasteiger partial charge in [-0.15, -0.1) is 5.10 Å². The Hall–Kier alpha value is -4.04. The Balaban J connectivity index is 1.28. The van der Waals surface area contributed by atoms with Gasteiger partial charge in [0, 0.05) is 23.4 Å². The fourth-order valence-electron chi connectivity index (χ4n) is 5.47. The molecule has 1 N–H and O–H groups in total. The molecule has 0 saturated carbocycles. The van der Waals surface area contributed by atoms with Crippen LogP contribution < -0.4 is 14.8 Å². The van der Waals surface area contributed by atoms with Crippen molar-refractivity contribution in [2.45, 2.75) is 35.7 Å². The molecule has 38 heavy (non-hydrogen) atoms. The molecule has 2 aliphatic heterocycles. The Bertz CT molecular complexity index is 1530. The SMILES string of the molecule is O=C1CC(c2ccccc2)CC2=C1C(c1ccc3c(c1)OCCO3)n1nc(SCc3ccccc3)nc1N2. The van der Waals surface area contributed by atoms with E-state index in [1.54, 1.807) is 11.8 Å². The first-order chi connectivity index (χ1) is 18.7. The summed E-state index contributed by atoms with van der Waals surface area (Å²) >= 11 is 1.59. The molecule has 0 fully saturated rings. The van der Waals surface area contributed by atoms with Gasteiger partial charge in [-0.1, -0.05) is 78.5 Å². The minimum Gasteiger partial charge on any atom is -0.486 e. The summed E-state index contributed by atoms with van der Waals surface area (Å²) in [6.45, 7) is 1.03. The van der Waals surface area contributed by atoms with Gasteiger partial charge >= 0.3 is 0 Å². The Labute approximate surface area is 224 Å². The van der Waals surface area contributed by atoms with Crippen molar-refractivity contribution in [3.05, 3.63) is 107 Å². The van der Waals surface area contributed by atoms with Gasteiger partial charge in [-0.25, -0.2) is 4.68 Å². The maximum atomic E-state index is 13.8. The predicted molar refractivity (Wildman–Crippen MR) is 146 cm³/mol. The molecule has 0 saturated heterocycles. The van der Waals surface area contributed by atoms with Crippen LogP contribution in [0.5, 0.6) is 11.5 Å². The van der Waals surface area contributed by atoms with E-state index in [2.05, 4.69) is 29.6 Å². The van der Waals surface area contributed by atoms with Gasteiger partial charge in [0.05, 0.1) is 0 Å². The van der Waals surface area contributed by atoms with E-state index in [0.29, 0.717) is 36.5 Å². The first-order valence-corrected chi connectivity index (χ1v) is 13.8. The molecule has 8 heteroatoms. The monoisotopic (exact) mass is 522 g/mol. The standard InChI is InChI=1S/C30H26N4O3S/c35-24-16-22(20-9-5-2-6-10-20)15-23-27(24)28(21-11-12-25-26(17-21)37-14-13-36-25)34-29(31-23)32-30(33-34)38-18-19-7-3-1-4-8-19/h1-12,17,22,28H,13-16,18H2,(H,31,32,33). The molecule has 4 aromatic rings. The van der Waals surface area contributed by atoms with Crippen molar-refractivity contribution < 1.29 is 14.3 Å². The van der Waals surface area contributed by atoms with Crippen LogP contribution in [0.3, 0.4) is 0 Å². The summed E-state index contributed by atoms with van der Waals surface area (Å²) in [4.78, 5) is 18.6. The Morgan fingerprint density at radius 1 is 0.895 bits per heavy atom. The number of rotatable bonds is 5. The van der Waals surface area contributed by atoms with Crippen molar-refractivity contribution in [3.63, 3.8) is 0 Å². The molecule has 7 nitrogen and oxygen atoms in total. The van der Waals surface area contributed by atoms with Crippen LogP contribution in [-0.4, -0.2) is 33.8 Å². The second-order valence-corrected chi connectivity index (χ2v) is 10.6. The zero-order valence-corrected chi connectivity index (χ0v) is 21.5. The van der Waals surface area contributed by atoms with E-state index in [1.807, 2.05) is 59.3 Å². The molecule has 1 aromatic heterocycles. The first kappa shape index (κ1) is 23.1. The van der Waals surface area contributed by atoms with Gasteiger partial charge in [0.15, 0.2) is 17.3 Å². The number of nitrogens with zero attached hydrogens (tertiary/aromatic N) is 3. The van der Waals surface area contributed by atoms with Crippen LogP contribution in [0.25, 0.3) is 0 Å². The number of carbonyl (C=O) groups excluding carboxylic acids is 1. The average molecular weight is 523 g/mol. The van der Waals surface area contributed by atoms with Crippen LogP contribution in [0, 0.1) is 0 Å². The molecule has 0 amide bonds. The summed E-state index contributed by atoms with van der Waals surface area (Å²) in [7, 11) is 0. The van der Waals surface area contributed by atoms with E-state index in [1.165, 1.54) is 11.1 Å². The summed E-state index contributed by atoms with van der Waals surface area (Å²) in [6, 6.07) is 26.1. The van der Waals surface area contributed by atoms with Crippen LogP contribution in [0.2, 0.25) is 0 Å². The molecule has 7 rings (SSSR count). The molecule has 1 aliphatic carbocycles. The number of allylic oxidation sites excluding steroid dienone is 2. The Kier molecular flexibility index (Phi) is 5.89. The smallest absolute Gasteiger partial charge is 0.227 e. The van der Waals surface area contributed by atoms with E-state index in [9.17, 15) is 4.79 Å². The number of thioether (sulfide) groups is 1. The van der Waals surface area contributed by atoms with Gasteiger partial charge < -0.3 is 14.8 Å². The summed E-state index contributed by atoms with van der Waals surface area (Å²) in [5, 5.41) is 9.05. The van der Waals surface area contributed by atoms with Crippen LogP contribution in [-0.2, 0) is 10.5 Å². The van der Waals surface area contributed by atoms with Crippen LogP contribution in [0.1, 0.15) is 41.5 Å². The van der Waals surface area contributed by atoms with E-state index in [0.717, 1.165) is 34.8 Å². The molecule has 0 bridgehead atoms. The number of fused-ring (bicyclic) bond motifs is 2. The number of Topliss-reactive ketones (excluding diaryl/α,β-unsaturated/α-hetero) is 1. The van der Waals surface area contributed by atoms with Crippen molar-refractivity contribution in [2.24, 2.45) is 0 Å². The number of benzene rings is 3. The Morgan fingerprint density at radius 3 is 2.47 bits per heavy atom. The van der Waals surface area contributed by atoms with E-state index in [4.69, 9.17) is 19.6 Å². The van der Waals surface area contributed by atoms with Crippen LogP contribution in [0.4, 0.5) is 5.95 Å². The summed E-state index contributed by atoms with van der Waals surface area (Å²) in [5.74, 6) is 3.09. The lowest BCUT2D eigenvalue weighted by Gasteiger charge is -2.35. The molecule has 2 unspecified atom stereocenters. The number of ether oxygens (including phenoxy) is 2. The molecule has 190 valence electrons. The second kappa shape index (κ2) is 9.68. The number of nitrogens with one attached hydrogen (secondary N) is 1. The number of carbonyl (C=O) groups is 1. The van der Waals surface area contributed by atoms with E-state index >= 15 is 0 Å². The molecule has 3 aromatic carbocycles. The van der Waals surface area contributed by atoms with Crippen LogP contribution >= 0.6 is 11.8 Å². The molecule has 3 heterocycles. The van der Waals surface area contributed by atoms with E-state index in [-0.39, 0.29) is 17.7 Å². The number of aromatic nitrogens is 3. The normalized spacial score (nSPS) is 19.9. The number of hydrogen-bond acceptors (Lipinski definition) is 7. The first-order valence-electron chi connectivity index (χ1n) is 12.8. The third-order valence-corrected chi connectivity index (χ3v) is 8.17.